The van der Waals surface area contributed by atoms with Gasteiger partial charge in [0, 0.05) is 24.3 Å². The Morgan fingerprint density at radius 1 is 1.33 bits per heavy atom. The Labute approximate surface area is 109 Å². The largest absolute Gasteiger partial charge is 0.339 e. The summed E-state index contributed by atoms with van der Waals surface area (Å²) in [7, 11) is 0. The maximum atomic E-state index is 4.03. The number of allylic oxidation sites excluding steroid dienone is 1. The maximum absolute atomic E-state index is 4.03. The molecule has 0 unspecified atom stereocenters. The van der Waals surface area contributed by atoms with Crippen LogP contribution in [-0.2, 0) is 13.1 Å². The van der Waals surface area contributed by atoms with E-state index in [1.807, 2.05) is 0 Å². The van der Waals surface area contributed by atoms with Crippen molar-refractivity contribution < 1.29 is 0 Å². The molecule has 2 rings (SSSR count). The summed E-state index contributed by atoms with van der Waals surface area (Å²) < 4.78 is 2.36. The van der Waals surface area contributed by atoms with Crippen molar-refractivity contribution >= 4 is 10.9 Å². The predicted molar refractivity (Wildman–Crippen MR) is 78.7 cm³/mol. The second kappa shape index (κ2) is 5.87. The zero-order chi connectivity index (χ0) is 13.0. The monoisotopic (exact) mass is 242 g/mol. The molecule has 2 heteroatoms. The summed E-state index contributed by atoms with van der Waals surface area (Å²) >= 11 is 0. The molecule has 0 fully saturated rings. The van der Waals surface area contributed by atoms with Gasteiger partial charge in [-0.15, -0.1) is 0 Å². The van der Waals surface area contributed by atoms with Crippen molar-refractivity contribution in [3.63, 3.8) is 0 Å². The topological polar surface area (TPSA) is 17.0 Å². The average Bonchev–Trinajstić information content (AvgIpc) is 2.68. The van der Waals surface area contributed by atoms with Crippen molar-refractivity contribution in [1.82, 2.24) is 9.88 Å². The molecule has 1 aromatic heterocycles. The summed E-state index contributed by atoms with van der Waals surface area (Å²) in [6, 6.07) is 10.8. The number of aromatic nitrogens is 1. The molecular formula is C16H22N2. The van der Waals surface area contributed by atoms with Crippen LogP contribution in [0.4, 0.5) is 0 Å². The first-order valence-electron chi connectivity index (χ1n) is 6.64. The number of nitrogens with one attached hydrogen (secondary N) is 1. The van der Waals surface area contributed by atoms with Crippen molar-refractivity contribution in [3.05, 3.63) is 48.2 Å². The van der Waals surface area contributed by atoms with E-state index in [4.69, 9.17) is 0 Å². The smallest absolute Gasteiger partial charge is 0.0485 e. The molecule has 0 spiro atoms. The van der Waals surface area contributed by atoms with E-state index < -0.39 is 0 Å². The Hall–Kier alpha value is -1.54. The fourth-order valence-corrected chi connectivity index (χ4v) is 2.26. The summed E-state index contributed by atoms with van der Waals surface area (Å²) in [4.78, 5) is 0. The number of rotatable bonds is 6. The Morgan fingerprint density at radius 2 is 2.11 bits per heavy atom. The van der Waals surface area contributed by atoms with E-state index in [-0.39, 0.29) is 0 Å². The molecule has 0 radical (unpaired) electrons. The van der Waals surface area contributed by atoms with Gasteiger partial charge >= 0.3 is 0 Å². The van der Waals surface area contributed by atoms with Gasteiger partial charge in [-0.3, -0.25) is 0 Å². The molecule has 2 aromatic rings. The first-order valence-corrected chi connectivity index (χ1v) is 6.64. The van der Waals surface area contributed by atoms with Crippen LogP contribution in [0, 0.1) is 0 Å². The van der Waals surface area contributed by atoms with Crippen LogP contribution >= 0.6 is 0 Å². The zero-order valence-corrected chi connectivity index (χ0v) is 11.4. The van der Waals surface area contributed by atoms with Gasteiger partial charge in [0.25, 0.3) is 0 Å². The van der Waals surface area contributed by atoms with Crippen molar-refractivity contribution in [2.75, 3.05) is 6.54 Å². The summed E-state index contributed by atoms with van der Waals surface area (Å²) in [6.07, 6.45) is 1.17. The number of hydrogen-bond acceptors (Lipinski definition) is 1. The van der Waals surface area contributed by atoms with Gasteiger partial charge in [0.05, 0.1) is 0 Å². The average molecular weight is 242 g/mol. The third-order valence-corrected chi connectivity index (χ3v) is 3.06. The molecule has 96 valence electrons. The summed E-state index contributed by atoms with van der Waals surface area (Å²) in [5.74, 6) is 0. The van der Waals surface area contributed by atoms with Crippen LogP contribution in [0.5, 0.6) is 0 Å². The minimum atomic E-state index is 0.899. The van der Waals surface area contributed by atoms with E-state index >= 15 is 0 Å². The van der Waals surface area contributed by atoms with Crippen LogP contribution in [0.15, 0.2) is 42.5 Å². The number of benzene rings is 1. The van der Waals surface area contributed by atoms with Gasteiger partial charge in [-0.1, -0.05) is 37.3 Å². The molecule has 1 N–H and O–H groups in total. The second-order valence-electron chi connectivity index (χ2n) is 4.91. The van der Waals surface area contributed by atoms with Gasteiger partial charge < -0.3 is 9.88 Å². The zero-order valence-electron chi connectivity index (χ0n) is 11.4. The minimum absolute atomic E-state index is 0.899. The summed E-state index contributed by atoms with van der Waals surface area (Å²) in [5.41, 5.74) is 3.83. The molecule has 0 aliphatic carbocycles. The number of fused-ring (bicyclic) bond motifs is 1. The first kappa shape index (κ1) is 12.9. The second-order valence-corrected chi connectivity index (χ2v) is 4.91. The highest BCUT2D eigenvalue weighted by atomic mass is 15.0. The predicted octanol–water partition coefficient (Wildman–Crippen LogP) is 3.72. The molecule has 18 heavy (non-hydrogen) atoms. The number of nitrogens with zero attached hydrogens (tertiary/aromatic N) is 1. The number of hydrogen-bond donors (Lipinski definition) is 1. The van der Waals surface area contributed by atoms with Crippen LogP contribution in [0.25, 0.3) is 10.9 Å². The van der Waals surface area contributed by atoms with Gasteiger partial charge in [-0.2, -0.15) is 0 Å². The molecule has 0 aliphatic heterocycles. The van der Waals surface area contributed by atoms with Gasteiger partial charge in [-0.25, -0.2) is 0 Å². The lowest BCUT2D eigenvalue weighted by atomic mass is 10.2. The van der Waals surface area contributed by atoms with Crippen molar-refractivity contribution in [1.29, 1.82) is 0 Å². The molecule has 1 heterocycles. The molecule has 2 nitrogen and oxygen atoms in total. The molecule has 0 amide bonds. The normalized spacial score (nSPS) is 11.0. The van der Waals surface area contributed by atoms with Crippen LogP contribution < -0.4 is 5.32 Å². The highest BCUT2D eigenvalue weighted by Gasteiger charge is 2.07. The van der Waals surface area contributed by atoms with E-state index in [9.17, 15) is 0 Å². The van der Waals surface area contributed by atoms with Gasteiger partial charge in [0.1, 0.15) is 0 Å². The molecule has 0 atom stereocenters. The van der Waals surface area contributed by atoms with Gasteiger partial charge in [0.15, 0.2) is 0 Å². The number of para-hydroxylation sites is 1. The van der Waals surface area contributed by atoms with Crippen molar-refractivity contribution in [3.8, 4) is 0 Å². The van der Waals surface area contributed by atoms with E-state index in [2.05, 4.69) is 60.6 Å². The van der Waals surface area contributed by atoms with Crippen LogP contribution in [0.2, 0.25) is 0 Å². The SMILES string of the molecule is C=C(C)Cn1c(CNCCC)cc2ccccc21. The van der Waals surface area contributed by atoms with E-state index in [1.165, 1.54) is 28.6 Å². The fraction of sp³-hybridized carbons (Fsp3) is 0.375. The summed E-state index contributed by atoms with van der Waals surface area (Å²) in [6.45, 7) is 11.2. The van der Waals surface area contributed by atoms with E-state index in [1.54, 1.807) is 0 Å². The Bertz CT molecular complexity index is 537. The highest BCUT2D eigenvalue weighted by molar-refractivity contribution is 5.81. The molecule has 0 aliphatic rings. The molecule has 1 aromatic carbocycles. The molecule has 0 bridgehead atoms. The lowest BCUT2D eigenvalue weighted by Gasteiger charge is -2.11. The Kier molecular flexibility index (Phi) is 4.21. The summed E-state index contributed by atoms with van der Waals surface area (Å²) in [5, 5.41) is 4.79. The quantitative estimate of drug-likeness (QED) is 0.603. The maximum Gasteiger partial charge on any atom is 0.0485 e. The van der Waals surface area contributed by atoms with Crippen LogP contribution in [0.3, 0.4) is 0 Å². The lowest BCUT2D eigenvalue weighted by molar-refractivity contribution is 0.635. The Balaban J connectivity index is 2.33. The third-order valence-electron chi connectivity index (χ3n) is 3.06. The highest BCUT2D eigenvalue weighted by Crippen LogP contribution is 2.20. The van der Waals surface area contributed by atoms with Crippen molar-refractivity contribution in [2.24, 2.45) is 0 Å². The standard InChI is InChI=1S/C16H22N2/c1-4-9-17-11-15-10-14-7-5-6-8-16(14)18(15)12-13(2)3/h5-8,10,17H,2,4,9,11-12H2,1,3H3. The van der Waals surface area contributed by atoms with Gasteiger partial charge in [0.2, 0.25) is 0 Å². The van der Waals surface area contributed by atoms with Crippen LogP contribution in [0.1, 0.15) is 26.0 Å². The van der Waals surface area contributed by atoms with E-state index in [0.717, 1.165) is 19.6 Å². The lowest BCUT2D eigenvalue weighted by Crippen LogP contribution is -2.17. The van der Waals surface area contributed by atoms with Crippen LogP contribution in [-0.4, -0.2) is 11.1 Å². The van der Waals surface area contributed by atoms with Gasteiger partial charge in [-0.05, 0) is 37.4 Å². The Morgan fingerprint density at radius 3 is 2.83 bits per heavy atom. The third kappa shape index (κ3) is 2.82. The van der Waals surface area contributed by atoms with Crippen molar-refractivity contribution in [2.45, 2.75) is 33.4 Å². The molecule has 0 saturated heterocycles. The molecule has 0 saturated carbocycles. The minimum Gasteiger partial charge on any atom is -0.339 e. The van der Waals surface area contributed by atoms with E-state index in [0.29, 0.717) is 0 Å². The fourth-order valence-electron chi connectivity index (χ4n) is 2.26. The molecular weight excluding hydrogens is 220 g/mol. The first-order chi connectivity index (χ1) is 8.72.